The fourth-order valence-corrected chi connectivity index (χ4v) is 5.00. The van der Waals surface area contributed by atoms with Crippen LogP contribution in [0.1, 0.15) is 21.5 Å². The summed E-state index contributed by atoms with van der Waals surface area (Å²) in [5, 5.41) is 8.69. The highest BCUT2D eigenvalue weighted by molar-refractivity contribution is 7.20. The summed E-state index contributed by atoms with van der Waals surface area (Å²) in [5.41, 5.74) is 4.42. The maximum Gasteiger partial charge on any atom is 0.283 e. The lowest BCUT2D eigenvalue weighted by atomic mass is 9.99. The molecule has 3 aromatic carbocycles. The molecular formula is C25H19N5O2S. The van der Waals surface area contributed by atoms with Crippen LogP contribution < -0.4 is 10.9 Å². The van der Waals surface area contributed by atoms with Crippen LogP contribution in [0.5, 0.6) is 0 Å². The number of fused-ring (bicyclic) bond motifs is 3. The van der Waals surface area contributed by atoms with Crippen LogP contribution in [0.4, 0.5) is 10.8 Å². The summed E-state index contributed by atoms with van der Waals surface area (Å²) in [7, 11) is 0. The van der Waals surface area contributed by atoms with Crippen molar-refractivity contribution in [1.82, 2.24) is 19.5 Å². The normalized spacial score (nSPS) is 13.3. The van der Waals surface area contributed by atoms with Crippen LogP contribution in [0.15, 0.2) is 77.6 Å². The van der Waals surface area contributed by atoms with E-state index in [2.05, 4.69) is 27.5 Å². The Balaban J connectivity index is 1.22. The Labute approximate surface area is 192 Å². The lowest BCUT2D eigenvalue weighted by Crippen LogP contribution is -2.35. The Kier molecular flexibility index (Phi) is 4.66. The Morgan fingerprint density at radius 1 is 0.939 bits per heavy atom. The van der Waals surface area contributed by atoms with Crippen molar-refractivity contribution >= 4 is 43.9 Å². The van der Waals surface area contributed by atoms with Crippen LogP contribution >= 0.6 is 11.3 Å². The van der Waals surface area contributed by atoms with Crippen molar-refractivity contribution in [3.63, 3.8) is 0 Å². The number of carbonyl (C=O) groups is 1. The summed E-state index contributed by atoms with van der Waals surface area (Å²) in [4.78, 5) is 32.6. The molecule has 6 rings (SSSR count). The van der Waals surface area contributed by atoms with E-state index in [1.165, 1.54) is 27.0 Å². The summed E-state index contributed by atoms with van der Waals surface area (Å²) >= 11 is 1.30. The minimum absolute atomic E-state index is 0.0264. The largest absolute Gasteiger partial charge is 0.334 e. The van der Waals surface area contributed by atoms with Crippen molar-refractivity contribution in [2.75, 3.05) is 11.9 Å². The van der Waals surface area contributed by atoms with Crippen molar-refractivity contribution in [1.29, 1.82) is 0 Å². The summed E-state index contributed by atoms with van der Waals surface area (Å²) in [6.07, 6.45) is 0.877. The average Bonchev–Trinajstić information content (AvgIpc) is 3.26. The zero-order chi connectivity index (χ0) is 22.4. The molecular weight excluding hydrogens is 434 g/mol. The molecule has 0 bridgehead atoms. The standard InChI is InChI=1S/C25H19N5O2S/c31-22(29-14-13-16-5-1-2-6-18(16)15-29)17-9-11-19(12-10-17)26-24-28-30-23(32)20-7-3-4-8-21(20)27-25(30)33-24/h1-12H,13-15H2,(H,26,28). The molecule has 8 heteroatoms. The van der Waals surface area contributed by atoms with Gasteiger partial charge in [0.15, 0.2) is 0 Å². The first-order chi connectivity index (χ1) is 16.2. The van der Waals surface area contributed by atoms with Gasteiger partial charge in [-0.2, -0.15) is 4.52 Å². The monoisotopic (exact) mass is 453 g/mol. The van der Waals surface area contributed by atoms with Crippen molar-refractivity contribution in [3.8, 4) is 0 Å². The maximum atomic E-state index is 13.0. The van der Waals surface area contributed by atoms with Gasteiger partial charge in [0.25, 0.3) is 11.5 Å². The smallest absolute Gasteiger partial charge is 0.283 e. The minimum atomic E-state index is -0.191. The van der Waals surface area contributed by atoms with Crippen LogP contribution in [0.3, 0.4) is 0 Å². The van der Waals surface area contributed by atoms with Gasteiger partial charge in [0.2, 0.25) is 10.1 Å². The first-order valence-corrected chi connectivity index (χ1v) is 11.5. The molecule has 1 aliphatic rings. The fraction of sp³-hybridized carbons (Fsp3) is 0.120. The molecule has 0 atom stereocenters. The van der Waals surface area contributed by atoms with E-state index in [-0.39, 0.29) is 11.5 Å². The number of nitrogens with zero attached hydrogens (tertiary/aromatic N) is 4. The molecule has 33 heavy (non-hydrogen) atoms. The number of nitrogens with one attached hydrogen (secondary N) is 1. The molecule has 0 radical (unpaired) electrons. The molecule has 0 saturated carbocycles. The summed E-state index contributed by atoms with van der Waals surface area (Å²) in [6, 6.07) is 22.9. The molecule has 0 unspecified atom stereocenters. The number of para-hydroxylation sites is 1. The number of rotatable bonds is 3. The van der Waals surface area contributed by atoms with Crippen molar-refractivity contribution < 1.29 is 4.79 Å². The average molecular weight is 454 g/mol. The van der Waals surface area contributed by atoms with Crippen molar-refractivity contribution in [2.24, 2.45) is 0 Å². The maximum absolute atomic E-state index is 13.0. The first kappa shape index (κ1) is 19.6. The highest BCUT2D eigenvalue weighted by Gasteiger charge is 2.21. The number of anilines is 2. The van der Waals surface area contributed by atoms with Crippen LogP contribution in [0.25, 0.3) is 15.9 Å². The molecule has 1 N–H and O–H groups in total. The Morgan fingerprint density at radius 3 is 2.55 bits per heavy atom. The van der Waals surface area contributed by atoms with Crippen molar-refractivity contribution in [2.45, 2.75) is 13.0 Å². The third-order valence-corrected chi connectivity index (χ3v) is 6.73. The van der Waals surface area contributed by atoms with Crippen LogP contribution in [-0.2, 0) is 13.0 Å². The molecule has 7 nitrogen and oxygen atoms in total. The van der Waals surface area contributed by atoms with Crippen molar-refractivity contribution in [3.05, 3.63) is 99.8 Å². The van der Waals surface area contributed by atoms with Gasteiger partial charge in [-0.05, 0) is 53.9 Å². The van der Waals surface area contributed by atoms with Gasteiger partial charge >= 0.3 is 0 Å². The molecule has 1 aliphatic heterocycles. The highest BCUT2D eigenvalue weighted by atomic mass is 32.1. The minimum Gasteiger partial charge on any atom is -0.334 e. The molecule has 0 fully saturated rings. The zero-order valence-corrected chi connectivity index (χ0v) is 18.4. The van der Waals surface area contributed by atoms with E-state index >= 15 is 0 Å². The number of hydrogen-bond donors (Lipinski definition) is 1. The van der Waals surface area contributed by atoms with Gasteiger partial charge in [-0.3, -0.25) is 9.59 Å². The number of aromatic nitrogens is 3. The van der Waals surface area contributed by atoms with E-state index < -0.39 is 0 Å². The number of amides is 1. The first-order valence-electron chi connectivity index (χ1n) is 10.7. The van der Waals surface area contributed by atoms with E-state index in [0.29, 0.717) is 33.1 Å². The fourth-order valence-electron chi connectivity index (χ4n) is 4.18. The number of hydrogen-bond acceptors (Lipinski definition) is 6. The lowest BCUT2D eigenvalue weighted by molar-refractivity contribution is 0.0735. The predicted octanol–water partition coefficient (Wildman–Crippen LogP) is 4.25. The van der Waals surface area contributed by atoms with Crippen LogP contribution in [-0.4, -0.2) is 31.9 Å². The summed E-state index contributed by atoms with van der Waals surface area (Å²) in [5.74, 6) is 0.0264. The second-order valence-corrected chi connectivity index (χ2v) is 8.94. The third kappa shape index (κ3) is 3.54. The van der Waals surface area contributed by atoms with E-state index in [9.17, 15) is 9.59 Å². The van der Waals surface area contributed by atoms with Crippen LogP contribution in [0.2, 0.25) is 0 Å². The third-order valence-electron chi connectivity index (χ3n) is 5.90. The van der Waals surface area contributed by atoms with Gasteiger partial charge in [0.05, 0.1) is 10.9 Å². The van der Waals surface area contributed by atoms with E-state index in [1.807, 2.05) is 59.5 Å². The Hall–Kier alpha value is -4.04. The van der Waals surface area contributed by atoms with Gasteiger partial charge in [0, 0.05) is 24.3 Å². The van der Waals surface area contributed by atoms with E-state index in [4.69, 9.17) is 0 Å². The SMILES string of the molecule is O=C(c1ccc(Nc2nn3c(=O)c4ccccc4nc3s2)cc1)N1CCc2ccccc2C1. The van der Waals surface area contributed by atoms with Gasteiger partial charge in [0.1, 0.15) is 0 Å². The molecule has 0 spiro atoms. The molecule has 3 heterocycles. The Bertz CT molecular complexity index is 1570. The lowest BCUT2D eigenvalue weighted by Gasteiger charge is -2.29. The zero-order valence-electron chi connectivity index (χ0n) is 17.6. The van der Waals surface area contributed by atoms with Crippen LogP contribution in [0, 0.1) is 0 Å². The molecule has 2 aromatic heterocycles. The topological polar surface area (TPSA) is 79.6 Å². The summed E-state index contributed by atoms with van der Waals surface area (Å²) in [6.45, 7) is 1.36. The van der Waals surface area contributed by atoms with Gasteiger partial charge < -0.3 is 10.2 Å². The Morgan fingerprint density at radius 2 is 1.70 bits per heavy atom. The molecule has 0 aliphatic carbocycles. The molecule has 5 aromatic rings. The second-order valence-electron chi connectivity index (χ2n) is 7.98. The highest BCUT2D eigenvalue weighted by Crippen LogP contribution is 2.24. The quantitative estimate of drug-likeness (QED) is 0.442. The molecule has 1 amide bonds. The predicted molar refractivity (Wildman–Crippen MR) is 129 cm³/mol. The van der Waals surface area contributed by atoms with Gasteiger partial charge in [-0.15, -0.1) is 5.10 Å². The number of carbonyl (C=O) groups excluding carboxylic acids is 1. The summed E-state index contributed by atoms with van der Waals surface area (Å²) < 4.78 is 1.32. The number of benzene rings is 3. The van der Waals surface area contributed by atoms with E-state index in [0.717, 1.165) is 18.7 Å². The van der Waals surface area contributed by atoms with Gasteiger partial charge in [-0.25, -0.2) is 4.98 Å². The van der Waals surface area contributed by atoms with E-state index in [1.54, 1.807) is 6.07 Å². The second kappa shape index (κ2) is 7.83. The molecule has 0 saturated heterocycles. The molecule has 162 valence electrons. The van der Waals surface area contributed by atoms with Gasteiger partial charge in [-0.1, -0.05) is 47.7 Å².